The van der Waals surface area contributed by atoms with Crippen molar-refractivity contribution >= 4 is 21.5 Å². The van der Waals surface area contributed by atoms with E-state index in [0.717, 1.165) is 23.8 Å². The lowest BCUT2D eigenvalue weighted by molar-refractivity contribution is 0.0972. The van der Waals surface area contributed by atoms with E-state index in [2.05, 4.69) is 0 Å². The zero-order valence-corrected chi connectivity index (χ0v) is 12.8. The van der Waals surface area contributed by atoms with Gasteiger partial charge < -0.3 is 4.74 Å². The summed E-state index contributed by atoms with van der Waals surface area (Å²) in [5.74, 6) is 0.0940. The molecule has 6 heteroatoms. The Morgan fingerprint density at radius 3 is 2.60 bits per heavy atom. The first-order valence-corrected chi connectivity index (χ1v) is 8.33. The normalized spacial score (nSPS) is 15.1. The first-order valence-electron chi connectivity index (χ1n) is 6.48. The molecule has 0 amide bonds. The molecule has 1 aromatic rings. The third-order valence-corrected chi connectivity index (χ3v) is 4.62. The highest BCUT2D eigenvalue weighted by molar-refractivity contribution is 7.92. The van der Waals surface area contributed by atoms with E-state index in [1.807, 2.05) is 6.92 Å². The summed E-state index contributed by atoms with van der Waals surface area (Å²) in [4.78, 5) is 12.1. The maximum atomic E-state index is 12.1. The molecule has 0 heterocycles. The molecule has 0 radical (unpaired) electrons. The average molecular weight is 297 g/mol. The minimum atomic E-state index is -3.45. The van der Waals surface area contributed by atoms with Gasteiger partial charge in [-0.2, -0.15) is 0 Å². The van der Waals surface area contributed by atoms with Crippen LogP contribution in [0.1, 0.15) is 34.3 Å². The number of methoxy groups -OCH3 is 1. The lowest BCUT2D eigenvalue weighted by Gasteiger charge is -2.27. The Labute approximate surface area is 119 Å². The molecule has 5 nitrogen and oxygen atoms in total. The largest absolute Gasteiger partial charge is 0.363 e. The highest BCUT2D eigenvalue weighted by Crippen LogP contribution is 2.33. The number of benzene rings is 1. The molecule has 0 fully saturated rings. The average Bonchev–Trinajstić information content (AvgIpc) is 2.36. The molecule has 0 spiro atoms. The second-order valence-electron chi connectivity index (χ2n) is 5.06. The number of carbonyl (C=O) groups is 1. The molecule has 0 saturated carbocycles. The van der Waals surface area contributed by atoms with Crippen LogP contribution in [0.4, 0.5) is 5.69 Å². The third-order valence-electron chi connectivity index (χ3n) is 3.52. The lowest BCUT2D eigenvalue weighted by atomic mass is 9.86. The monoisotopic (exact) mass is 297 g/mol. The second kappa shape index (κ2) is 5.54. The van der Waals surface area contributed by atoms with Crippen molar-refractivity contribution in [2.45, 2.75) is 26.2 Å². The van der Waals surface area contributed by atoms with Crippen molar-refractivity contribution in [1.82, 2.24) is 0 Å². The van der Waals surface area contributed by atoms with Crippen molar-refractivity contribution in [1.29, 1.82) is 0 Å². The van der Waals surface area contributed by atoms with Crippen LogP contribution in [0.15, 0.2) is 12.1 Å². The first kappa shape index (κ1) is 15.0. The minimum absolute atomic E-state index is 0.0531. The number of Topliss-reactive ketones (excluding diaryl/α,β-unsaturated/α-hetero) is 1. The molecule has 1 aliphatic rings. The quantitative estimate of drug-likeness (QED) is 0.796. The summed E-state index contributed by atoms with van der Waals surface area (Å²) in [6.45, 7) is 1.83. The maximum absolute atomic E-state index is 12.1. The van der Waals surface area contributed by atoms with Crippen LogP contribution in [-0.4, -0.2) is 34.3 Å². The zero-order chi connectivity index (χ0) is 14.9. The van der Waals surface area contributed by atoms with Crippen molar-refractivity contribution in [3.8, 4) is 0 Å². The van der Waals surface area contributed by atoms with Gasteiger partial charge in [0.25, 0.3) is 0 Å². The van der Waals surface area contributed by atoms with Gasteiger partial charge in [-0.3, -0.25) is 4.79 Å². The predicted octanol–water partition coefficient (Wildman–Crippen LogP) is 1.88. The van der Waals surface area contributed by atoms with E-state index in [4.69, 9.17) is 4.74 Å². The number of ketones is 1. The summed E-state index contributed by atoms with van der Waals surface area (Å²) in [6, 6.07) is 3.55. The lowest BCUT2D eigenvalue weighted by Crippen LogP contribution is -2.33. The van der Waals surface area contributed by atoms with E-state index in [-0.39, 0.29) is 12.5 Å². The molecule has 1 aromatic carbocycles. The van der Waals surface area contributed by atoms with Crippen molar-refractivity contribution in [3.63, 3.8) is 0 Å². The van der Waals surface area contributed by atoms with Crippen molar-refractivity contribution in [2.24, 2.45) is 0 Å². The van der Waals surface area contributed by atoms with Gasteiger partial charge in [0.2, 0.25) is 10.0 Å². The summed E-state index contributed by atoms with van der Waals surface area (Å²) >= 11 is 0. The van der Waals surface area contributed by atoms with Crippen molar-refractivity contribution in [3.05, 3.63) is 28.8 Å². The molecule has 0 aliphatic heterocycles. The number of nitrogens with zero attached hydrogens (tertiary/aromatic N) is 1. The van der Waals surface area contributed by atoms with Crippen LogP contribution in [0.2, 0.25) is 0 Å². The number of fused-ring (bicyclic) bond motifs is 1. The van der Waals surface area contributed by atoms with Crippen molar-refractivity contribution < 1.29 is 17.9 Å². The molecule has 0 bridgehead atoms. The van der Waals surface area contributed by atoms with Crippen LogP contribution in [-0.2, 0) is 21.2 Å². The minimum Gasteiger partial charge on any atom is -0.363 e. The van der Waals surface area contributed by atoms with E-state index in [1.165, 1.54) is 11.4 Å². The molecule has 20 heavy (non-hydrogen) atoms. The van der Waals surface area contributed by atoms with Gasteiger partial charge >= 0.3 is 0 Å². The number of rotatable bonds is 4. The summed E-state index contributed by atoms with van der Waals surface area (Å²) < 4.78 is 30.1. The molecule has 110 valence electrons. The van der Waals surface area contributed by atoms with Crippen molar-refractivity contribution in [2.75, 3.05) is 24.4 Å². The maximum Gasteiger partial charge on any atom is 0.234 e. The van der Waals surface area contributed by atoms with Gasteiger partial charge in [0.05, 0.1) is 11.9 Å². The smallest absolute Gasteiger partial charge is 0.234 e. The summed E-state index contributed by atoms with van der Waals surface area (Å²) in [6.07, 6.45) is 3.14. The third kappa shape index (κ3) is 2.71. The Morgan fingerprint density at radius 1 is 1.30 bits per heavy atom. The number of sulfonamides is 1. The van der Waals surface area contributed by atoms with Gasteiger partial charge in [-0.25, -0.2) is 12.7 Å². The number of hydrogen-bond donors (Lipinski definition) is 0. The van der Waals surface area contributed by atoms with Gasteiger partial charge in [0, 0.05) is 19.1 Å². The Morgan fingerprint density at radius 2 is 2.00 bits per heavy atom. The van der Waals surface area contributed by atoms with Gasteiger partial charge in [0.15, 0.2) is 5.78 Å². The highest BCUT2D eigenvalue weighted by atomic mass is 32.2. The molecule has 0 saturated heterocycles. The highest BCUT2D eigenvalue weighted by Gasteiger charge is 2.27. The standard InChI is InChI=1S/C14H19NO4S/c1-10-7-8-12(15(9-19-2)20(3,17)18)11-5-4-6-13(16)14(10)11/h7-8H,4-6,9H2,1-3H3. The van der Waals surface area contributed by atoms with Crippen LogP contribution < -0.4 is 4.31 Å². The molecular weight excluding hydrogens is 278 g/mol. The van der Waals surface area contributed by atoms with Gasteiger partial charge in [-0.15, -0.1) is 0 Å². The van der Waals surface area contributed by atoms with Gasteiger partial charge in [-0.05, 0) is 37.0 Å². The molecule has 0 aromatic heterocycles. The van der Waals surface area contributed by atoms with Crippen LogP contribution in [0.25, 0.3) is 0 Å². The van der Waals surface area contributed by atoms with Gasteiger partial charge in [0.1, 0.15) is 6.73 Å². The molecule has 2 rings (SSSR count). The van der Waals surface area contributed by atoms with E-state index in [0.29, 0.717) is 24.1 Å². The number of hydrogen-bond acceptors (Lipinski definition) is 4. The van der Waals surface area contributed by atoms with Crippen LogP contribution >= 0.6 is 0 Å². The first-order chi connectivity index (χ1) is 9.36. The Hall–Kier alpha value is -1.40. The molecule has 0 atom stereocenters. The molecular formula is C14H19NO4S. The SMILES string of the molecule is COCN(c1ccc(C)c2c1CCCC2=O)S(C)(=O)=O. The van der Waals surface area contributed by atoms with E-state index < -0.39 is 10.0 Å². The van der Waals surface area contributed by atoms with Crippen LogP contribution in [0, 0.1) is 6.92 Å². The van der Waals surface area contributed by atoms with E-state index >= 15 is 0 Å². The van der Waals surface area contributed by atoms with Gasteiger partial charge in [-0.1, -0.05) is 6.07 Å². The Kier molecular flexibility index (Phi) is 4.15. The summed E-state index contributed by atoms with van der Waals surface area (Å²) in [5.41, 5.74) is 2.96. The predicted molar refractivity (Wildman–Crippen MR) is 77.6 cm³/mol. The number of ether oxygens (including phenoxy) is 1. The Bertz CT molecular complexity index is 637. The fourth-order valence-electron chi connectivity index (χ4n) is 2.64. The zero-order valence-electron chi connectivity index (χ0n) is 12.0. The Balaban J connectivity index is 2.63. The van der Waals surface area contributed by atoms with Crippen LogP contribution in [0.5, 0.6) is 0 Å². The fourth-order valence-corrected chi connectivity index (χ4v) is 3.47. The number of carbonyl (C=O) groups excluding carboxylic acids is 1. The van der Waals surface area contributed by atoms with E-state index in [9.17, 15) is 13.2 Å². The fraction of sp³-hybridized carbons (Fsp3) is 0.500. The molecule has 0 unspecified atom stereocenters. The van der Waals surface area contributed by atoms with E-state index in [1.54, 1.807) is 12.1 Å². The number of anilines is 1. The molecule has 1 aliphatic carbocycles. The summed E-state index contributed by atoms with van der Waals surface area (Å²) in [5, 5.41) is 0. The number of aryl methyl sites for hydroxylation is 1. The molecule has 0 N–H and O–H groups in total. The second-order valence-corrected chi connectivity index (χ2v) is 6.97. The topological polar surface area (TPSA) is 63.7 Å². The van der Waals surface area contributed by atoms with Crippen LogP contribution in [0.3, 0.4) is 0 Å². The summed E-state index contributed by atoms with van der Waals surface area (Å²) in [7, 11) is -2.00.